The monoisotopic (exact) mass is 210 g/mol. The van der Waals surface area contributed by atoms with Crippen LogP contribution in [0.3, 0.4) is 0 Å². The first-order chi connectivity index (χ1) is 6.99. The third-order valence-corrected chi connectivity index (χ3v) is 4.27. The first-order valence-electron chi connectivity index (χ1n) is 5.75. The Hall–Kier alpha value is -0.860. The van der Waals surface area contributed by atoms with Crippen LogP contribution in [-0.4, -0.2) is 16.9 Å². The summed E-state index contributed by atoms with van der Waals surface area (Å²) in [5.74, 6) is -0.994. The van der Waals surface area contributed by atoms with Crippen molar-refractivity contribution in [2.45, 2.75) is 51.9 Å². The minimum absolute atomic E-state index is 0.0302. The average Bonchev–Trinajstić information content (AvgIpc) is 2.41. The molecule has 2 fully saturated rings. The van der Waals surface area contributed by atoms with Crippen LogP contribution in [0.1, 0.15) is 51.9 Å². The van der Waals surface area contributed by atoms with Crippen LogP contribution in [0.4, 0.5) is 0 Å². The van der Waals surface area contributed by atoms with E-state index in [2.05, 4.69) is 0 Å². The topological polar surface area (TPSA) is 54.4 Å². The Morgan fingerprint density at radius 1 is 1.27 bits per heavy atom. The van der Waals surface area contributed by atoms with Crippen LogP contribution >= 0.6 is 0 Å². The molecule has 0 radical (unpaired) electrons. The van der Waals surface area contributed by atoms with Gasteiger partial charge in [-0.1, -0.05) is 19.3 Å². The fraction of sp³-hybridized carbons (Fsp3) is 0.833. The Kier molecular flexibility index (Phi) is 2.36. The lowest BCUT2D eigenvalue weighted by molar-refractivity contribution is -0.152. The van der Waals surface area contributed by atoms with Crippen molar-refractivity contribution in [3.63, 3.8) is 0 Å². The fourth-order valence-electron chi connectivity index (χ4n) is 3.30. The van der Waals surface area contributed by atoms with E-state index in [9.17, 15) is 9.59 Å². The first-order valence-corrected chi connectivity index (χ1v) is 5.75. The van der Waals surface area contributed by atoms with Crippen molar-refractivity contribution in [3.8, 4) is 0 Å². The summed E-state index contributed by atoms with van der Waals surface area (Å²) in [4.78, 5) is 23.0. The van der Waals surface area contributed by atoms with Crippen LogP contribution in [0.15, 0.2) is 0 Å². The van der Waals surface area contributed by atoms with Crippen molar-refractivity contribution in [1.29, 1.82) is 0 Å². The first kappa shape index (κ1) is 10.7. The lowest BCUT2D eigenvalue weighted by Gasteiger charge is -2.33. The van der Waals surface area contributed by atoms with Crippen LogP contribution in [0, 0.1) is 10.8 Å². The van der Waals surface area contributed by atoms with E-state index in [0.29, 0.717) is 12.8 Å². The Morgan fingerprint density at radius 3 is 2.33 bits per heavy atom. The molecule has 2 aliphatic carbocycles. The maximum absolute atomic E-state index is 11.8. The van der Waals surface area contributed by atoms with Gasteiger partial charge in [-0.15, -0.1) is 0 Å². The zero-order valence-electron chi connectivity index (χ0n) is 9.21. The van der Waals surface area contributed by atoms with E-state index >= 15 is 0 Å². The van der Waals surface area contributed by atoms with E-state index in [4.69, 9.17) is 5.11 Å². The second-order valence-corrected chi connectivity index (χ2v) is 5.47. The van der Waals surface area contributed by atoms with E-state index in [-0.39, 0.29) is 11.2 Å². The summed E-state index contributed by atoms with van der Waals surface area (Å²) in [5.41, 5.74) is -1.07. The minimum atomic E-state index is -1.10. The molecular weight excluding hydrogens is 192 g/mol. The number of carbonyl (C=O) groups excluding carboxylic acids is 1. The zero-order valence-corrected chi connectivity index (χ0v) is 9.21. The van der Waals surface area contributed by atoms with Crippen molar-refractivity contribution in [3.05, 3.63) is 0 Å². The molecule has 0 aromatic heterocycles. The molecule has 2 aliphatic rings. The van der Waals surface area contributed by atoms with E-state index in [1.54, 1.807) is 6.92 Å². The van der Waals surface area contributed by atoms with Gasteiger partial charge in [-0.25, -0.2) is 0 Å². The Bertz CT molecular complexity index is 302. The molecule has 0 aliphatic heterocycles. The lowest BCUT2D eigenvalue weighted by Crippen LogP contribution is -2.32. The molecule has 2 rings (SSSR count). The highest BCUT2D eigenvalue weighted by Crippen LogP contribution is 2.54. The number of ketones is 1. The minimum Gasteiger partial charge on any atom is -0.481 e. The number of aliphatic carboxylic acids is 1. The molecule has 0 aromatic carbocycles. The van der Waals surface area contributed by atoms with Crippen LogP contribution in [0.5, 0.6) is 0 Å². The fourth-order valence-corrected chi connectivity index (χ4v) is 3.30. The lowest BCUT2D eigenvalue weighted by atomic mass is 9.71. The summed E-state index contributed by atoms with van der Waals surface area (Å²) in [5, 5.41) is 9.14. The highest BCUT2D eigenvalue weighted by Gasteiger charge is 2.55. The highest BCUT2D eigenvalue weighted by molar-refractivity contribution is 6.04. The molecule has 0 heterocycles. The number of Topliss-reactive ketones (excluding diaryl/α,β-unsaturated/α-hetero) is 1. The predicted octanol–water partition coefficient (Wildman–Crippen LogP) is 2.39. The van der Waals surface area contributed by atoms with Crippen LogP contribution in [0.2, 0.25) is 0 Å². The van der Waals surface area contributed by atoms with Gasteiger partial charge in [0.2, 0.25) is 0 Å². The smallest absolute Gasteiger partial charge is 0.316 e. The standard InChI is InChI=1S/C12H18O3/c1-11(10(14)15)8-12(7-9(11)13)5-3-2-4-6-12/h2-8H2,1H3,(H,14,15). The van der Waals surface area contributed by atoms with E-state index < -0.39 is 11.4 Å². The summed E-state index contributed by atoms with van der Waals surface area (Å²) in [6, 6.07) is 0. The third-order valence-electron chi connectivity index (χ3n) is 4.27. The SMILES string of the molecule is CC1(C(=O)O)CC2(CCCCC2)CC1=O. The van der Waals surface area contributed by atoms with Crippen molar-refractivity contribution < 1.29 is 14.7 Å². The second-order valence-electron chi connectivity index (χ2n) is 5.47. The van der Waals surface area contributed by atoms with Gasteiger partial charge in [0, 0.05) is 6.42 Å². The van der Waals surface area contributed by atoms with E-state index in [1.165, 1.54) is 6.42 Å². The van der Waals surface area contributed by atoms with Gasteiger partial charge in [0.25, 0.3) is 0 Å². The van der Waals surface area contributed by atoms with Gasteiger partial charge in [0.15, 0.2) is 0 Å². The number of carbonyl (C=O) groups is 2. The maximum Gasteiger partial charge on any atom is 0.316 e. The number of carboxylic acid groups (broad SMARTS) is 1. The Balaban J connectivity index is 2.22. The normalized spacial score (nSPS) is 34.6. The molecule has 1 N–H and O–H groups in total. The second kappa shape index (κ2) is 3.32. The molecule has 3 heteroatoms. The van der Waals surface area contributed by atoms with E-state index in [1.807, 2.05) is 0 Å². The van der Waals surface area contributed by atoms with Gasteiger partial charge in [0.1, 0.15) is 11.2 Å². The highest BCUT2D eigenvalue weighted by atomic mass is 16.4. The van der Waals surface area contributed by atoms with Gasteiger partial charge in [-0.05, 0) is 31.6 Å². The molecule has 84 valence electrons. The molecule has 2 saturated carbocycles. The summed E-state index contributed by atoms with van der Waals surface area (Å²) < 4.78 is 0. The number of hydrogen-bond acceptors (Lipinski definition) is 2. The molecule has 1 atom stereocenters. The molecule has 3 nitrogen and oxygen atoms in total. The Morgan fingerprint density at radius 2 is 1.87 bits per heavy atom. The zero-order chi connectivity index (χ0) is 11.1. The predicted molar refractivity (Wildman–Crippen MR) is 55.5 cm³/mol. The van der Waals surface area contributed by atoms with E-state index in [0.717, 1.165) is 25.7 Å². The quantitative estimate of drug-likeness (QED) is 0.676. The summed E-state index contributed by atoms with van der Waals surface area (Å²) in [6.45, 7) is 1.60. The summed E-state index contributed by atoms with van der Waals surface area (Å²) >= 11 is 0. The summed E-state index contributed by atoms with van der Waals surface area (Å²) in [6.07, 6.45) is 6.69. The van der Waals surface area contributed by atoms with Gasteiger partial charge < -0.3 is 5.11 Å². The summed E-state index contributed by atoms with van der Waals surface area (Å²) in [7, 11) is 0. The number of rotatable bonds is 1. The number of carboxylic acids is 1. The molecular formula is C12H18O3. The van der Waals surface area contributed by atoms with Crippen molar-refractivity contribution in [1.82, 2.24) is 0 Å². The van der Waals surface area contributed by atoms with Crippen molar-refractivity contribution >= 4 is 11.8 Å². The molecule has 0 aromatic rings. The van der Waals surface area contributed by atoms with Gasteiger partial charge in [0.05, 0.1) is 0 Å². The average molecular weight is 210 g/mol. The van der Waals surface area contributed by atoms with Crippen LogP contribution < -0.4 is 0 Å². The number of hydrogen-bond donors (Lipinski definition) is 1. The molecule has 1 spiro atoms. The molecule has 15 heavy (non-hydrogen) atoms. The van der Waals surface area contributed by atoms with Crippen molar-refractivity contribution in [2.75, 3.05) is 0 Å². The third kappa shape index (κ3) is 1.58. The van der Waals surface area contributed by atoms with Crippen LogP contribution in [0.25, 0.3) is 0 Å². The van der Waals surface area contributed by atoms with Crippen LogP contribution in [-0.2, 0) is 9.59 Å². The van der Waals surface area contributed by atoms with Crippen molar-refractivity contribution in [2.24, 2.45) is 10.8 Å². The maximum atomic E-state index is 11.8. The molecule has 0 saturated heterocycles. The Labute approximate surface area is 89.9 Å². The largest absolute Gasteiger partial charge is 0.481 e. The molecule has 0 bridgehead atoms. The molecule has 1 unspecified atom stereocenters. The van der Waals surface area contributed by atoms with Gasteiger partial charge >= 0.3 is 5.97 Å². The van der Waals surface area contributed by atoms with Gasteiger partial charge in [-0.2, -0.15) is 0 Å². The molecule has 0 amide bonds. The van der Waals surface area contributed by atoms with Gasteiger partial charge in [-0.3, -0.25) is 9.59 Å².